The van der Waals surface area contributed by atoms with Gasteiger partial charge in [-0.2, -0.15) is 0 Å². The number of hydrogen-bond donors (Lipinski definition) is 3. The second kappa shape index (κ2) is 9.71. The van der Waals surface area contributed by atoms with Crippen molar-refractivity contribution in [3.63, 3.8) is 0 Å². The van der Waals surface area contributed by atoms with Crippen LogP contribution in [0, 0.1) is 0 Å². The fraction of sp³-hybridized carbons (Fsp3) is 0.238. The Morgan fingerprint density at radius 2 is 2.03 bits per heavy atom. The molecule has 0 radical (unpaired) electrons. The molecule has 0 bridgehead atoms. The lowest BCUT2D eigenvalue weighted by atomic mass is 10.1. The number of carbonyl (C=O) groups is 1. The van der Waals surface area contributed by atoms with E-state index in [1.54, 1.807) is 18.2 Å². The van der Waals surface area contributed by atoms with E-state index in [0.29, 0.717) is 22.3 Å². The molecule has 0 spiro atoms. The van der Waals surface area contributed by atoms with Gasteiger partial charge < -0.3 is 20.6 Å². The van der Waals surface area contributed by atoms with Crippen LogP contribution in [-0.4, -0.2) is 41.7 Å². The smallest absolute Gasteiger partial charge is 0.243 e. The Balaban J connectivity index is 0.00000256. The zero-order chi connectivity index (χ0) is 20.4. The molecule has 1 fully saturated rings. The number of nitrogens with one attached hydrogen (secondary N) is 2. The first-order chi connectivity index (χ1) is 14.0. The summed E-state index contributed by atoms with van der Waals surface area (Å²) in [5.41, 5.74) is 2.02. The Kier molecular flexibility index (Phi) is 7.26. The summed E-state index contributed by atoms with van der Waals surface area (Å²) >= 11 is 12.3. The average molecular weight is 468 g/mol. The van der Waals surface area contributed by atoms with Crippen LogP contribution in [0.25, 0.3) is 10.9 Å². The van der Waals surface area contributed by atoms with Gasteiger partial charge in [0.1, 0.15) is 5.82 Å². The summed E-state index contributed by atoms with van der Waals surface area (Å²) < 4.78 is 0. The minimum atomic E-state index is -0.320. The Bertz CT molecular complexity index is 1060. The topological polar surface area (TPSA) is 77.5 Å². The third kappa shape index (κ3) is 5.08. The van der Waals surface area contributed by atoms with E-state index in [2.05, 4.69) is 15.6 Å². The molecule has 9 heteroatoms. The van der Waals surface area contributed by atoms with Gasteiger partial charge in [0.15, 0.2) is 0 Å². The number of β-amino-alcohol motifs (C(OH)–C–C–N with tert-alkyl or cyclic N) is 1. The molecule has 1 amide bonds. The molecule has 0 unspecified atom stereocenters. The van der Waals surface area contributed by atoms with Gasteiger partial charge in [0.2, 0.25) is 5.91 Å². The highest BCUT2D eigenvalue weighted by Crippen LogP contribution is 2.32. The third-order valence-corrected chi connectivity index (χ3v) is 5.39. The fourth-order valence-corrected chi connectivity index (χ4v) is 3.79. The van der Waals surface area contributed by atoms with Crippen molar-refractivity contribution in [2.45, 2.75) is 12.5 Å². The number of amides is 1. The molecule has 0 aliphatic carbocycles. The molecular weight excluding hydrogens is 447 g/mol. The van der Waals surface area contributed by atoms with Crippen LogP contribution in [0.15, 0.2) is 48.5 Å². The quantitative estimate of drug-likeness (QED) is 0.512. The van der Waals surface area contributed by atoms with Crippen LogP contribution in [0.5, 0.6) is 0 Å². The van der Waals surface area contributed by atoms with Crippen molar-refractivity contribution in [2.24, 2.45) is 0 Å². The lowest BCUT2D eigenvalue weighted by Crippen LogP contribution is -2.23. The number of aliphatic hydroxyl groups is 1. The minimum Gasteiger partial charge on any atom is -0.391 e. The Hall–Kier alpha value is -2.25. The first kappa shape index (κ1) is 22.4. The van der Waals surface area contributed by atoms with Gasteiger partial charge >= 0.3 is 0 Å². The number of carbonyl (C=O) groups excluding carboxylic acids is 1. The van der Waals surface area contributed by atoms with Gasteiger partial charge in [0, 0.05) is 29.2 Å². The van der Waals surface area contributed by atoms with E-state index in [-0.39, 0.29) is 31.0 Å². The number of halogens is 3. The lowest BCUT2D eigenvalue weighted by Gasteiger charge is -2.18. The van der Waals surface area contributed by atoms with Gasteiger partial charge in [-0.15, -0.1) is 12.4 Å². The number of anilines is 3. The van der Waals surface area contributed by atoms with Gasteiger partial charge in [-0.25, -0.2) is 4.98 Å². The zero-order valence-electron chi connectivity index (χ0n) is 15.9. The van der Waals surface area contributed by atoms with Crippen molar-refractivity contribution in [3.8, 4) is 0 Å². The zero-order valence-corrected chi connectivity index (χ0v) is 18.3. The maximum Gasteiger partial charge on any atom is 0.243 e. The van der Waals surface area contributed by atoms with E-state index in [1.165, 1.54) is 0 Å². The van der Waals surface area contributed by atoms with E-state index in [4.69, 9.17) is 23.2 Å². The number of nitrogens with zero attached hydrogens (tertiary/aromatic N) is 2. The molecule has 2 aromatic carbocycles. The van der Waals surface area contributed by atoms with Crippen molar-refractivity contribution in [2.75, 3.05) is 35.2 Å². The van der Waals surface area contributed by atoms with Crippen LogP contribution in [-0.2, 0) is 4.79 Å². The molecule has 1 atom stereocenters. The second-order valence-corrected chi connectivity index (χ2v) is 7.80. The molecule has 1 aromatic heterocycles. The van der Waals surface area contributed by atoms with Crippen LogP contribution in [0.3, 0.4) is 0 Å². The minimum absolute atomic E-state index is 0. The number of aromatic nitrogens is 1. The van der Waals surface area contributed by atoms with E-state index in [9.17, 15) is 9.90 Å². The monoisotopic (exact) mass is 466 g/mol. The Labute approximate surface area is 190 Å². The highest BCUT2D eigenvalue weighted by atomic mass is 35.5. The standard InChI is InChI=1S/C21H20Cl2N4O2.ClH/c22-13-2-1-3-14(10-13)24-11-20(29)26-21-16-4-7-19(27-9-8-15(28)12-27)25-18(16)6-5-17(21)23;/h1-7,10,15,24,28H,8-9,11-12H2,(H,26,29);1H/t15-;/m1./s1. The fourth-order valence-electron chi connectivity index (χ4n) is 3.38. The molecule has 3 N–H and O–H groups in total. The van der Waals surface area contributed by atoms with Crippen molar-refractivity contribution >= 4 is 69.6 Å². The predicted octanol–water partition coefficient (Wildman–Crippen LogP) is 4.59. The third-order valence-electron chi connectivity index (χ3n) is 4.84. The van der Waals surface area contributed by atoms with E-state index in [1.807, 2.05) is 35.2 Å². The second-order valence-electron chi connectivity index (χ2n) is 6.96. The maximum atomic E-state index is 12.5. The summed E-state index contributed by atoms with van der Waals surface area (Å²) in [6, 6.07) is 14.5. The van der Waals surface area contributed by atoms with Crippen LogP contribution >= 0.6 is 35.6 Å². The highest BCUT2D eigenvalue weighted by molar-refractivity contribution is 6.35. The molecule has 1 aliphatic heterocycles. The van der Waals surface area contributed by atoms with Crippen molar-refractivity contribution in [1.29, 1.82) is 0 Å². The number of aliphatic hydroxyl groups excluding tert-OH is 1. The first-order valence-corrected chi connectivity index (χ1v) is 10.1. The number of pyridine rings is 1. The van der Waals surface area contributed by atoms with E-state index >= 15 is 0 Å². The van der Waals surface area contributed by atoms with E-state index in [0.717, 1.165) is 35.4 Å². The molecule has 4 rings (SSSR count). The molecule has 2 heterocycles. The molecule has 1 aliphatic rings. The molecular formula is C21H21Cl3N4O2. The summed E-state index contributed by atoms with van der Waals surface area (Å²) in [5, 5.41) is 17.5. The molecule has 3 aromatic rings. The Morgan fingerprint density at radius 3 is 2.77 bits per heavy atom. The van der Waals surface area contributed by atoms with Gasteiger partial charge in [-0.3, -0.25) is 4.79 Å². The summed E-state index contributed by atoms with van der Waals surface area (Å²) in [5.74, 6) is 0.572. The summed E-state index contributed by atoms with van der Waals surface area (Å²) in [6.07, 6.45) is 0.418. The van der Waals surface area contributed by atoms with Gasteiger partial charge in [0.25, 0.3) is 0 Å². The summed E-state index contributed by atoms with van der Waals surface area (Å²) in [6.45, 7) is 1.42. The molecule has 158 valence electrons. The molecule has 6 nitrogen and oxygen atoms in total. The number of fused-ring (bicyclic) bond motifs is 1. The van der Waals surface area contributed by atoms with Crippen LogP contribution in [0.4, 0.5) is 17.2 Å². The van der Waals surface area contributed by atoms with Gasteiger partial charge in [0.05, 0.1) is 28.9 Å². The SMILES string of the molecule is Cl.O=C(CNc1cccc(Cl)c1)Nc1c(Cl)ccc2nc(N3CC[C@@H](O)C3)ccc12. The normalized spacial score (nSPS) is 15.7. The average Bonchev–Trinajstić information content (AvgIpc) is 3.15. The highest BCUT2D eigenvalue weighted by Gasteiger charge is 2.22. The van der Waals surface area contributed by atoms with Crippen molar-refractivity contribution < 1.29 is 9.90 Å². The van der Waals surface area contributed by atoms with Crippen LogP contribution in [0.1, 0.15) is 6.42 Å². The maximum absolute atomic E-state index is 12.5. The number of benzene rings is 2. The molecule has 0 saturated carbocycles. The number of hydrogen-bond acceptors (Lipinski definition) is 5. The summed E-state index contributed by atoms with van der Waals surface area (Å²) in [7, 11) is 0. The Morgan fingerprint density at radius 1 is 1.20 bits per heavy atom. The summed E-state index contributed by atoms with van der Waals surface area (Å²) in [4.78, 5) is 19.2. The van der Waals surface area contributed by atoms with E-state index < -0.39 is 0 Å². The van der Waals surface area contributed by atoms with Gasteiger partial charge in [-0.05, 0) is 48.9 Å². The predicted molar refractivity (Wildman–Crippen MR) is 125 cm³/mol. The first-order valence-electron chi connectivity index (χ1n) is 9.31. The van der Waals surface area contributed by atoms with Crippen molar-refractivity contribution in [1.82, 2.24) is 4.98 Å². The van der Waals surface area contributed by atoms with Crippen LogP contribution in [0.2, 0.25) is 10.0 Å². The molecule has 30 heavy (non-hydrogen) atoms. The molecule has 1 saturated heterocycles. The largest absolute Gasteiger partial charge is 0.391 e. The number of rotatable bonds is 5. The van der Waals surface area contributed by atoms with Crippen LogP contribution < -0.4 is 15.5 Å². The van der Waals surface area contributed by atoms with Crippen molar-refractivity contribution in [3.05, 3.63) is 58.6 Å². The lowest BCUT2D eigenvalue weighted by molar-refractivity contribution is -0.114. The van der Waals surface area contributed by atoms with Gasteiger partial charge in [-0.1, -0.05) is 29.3 Å².